The Bertz CT molecular complexity index is 1530. The van der Waals surface area contributed by atoms with E-state index in [2.05, 4.69) is 62.9 Å². The number of nitrogens with two attached hydrogens (primary N) is 1. The van der Waals surface area contributed by atoms with Crippen LogP contribution in [0.2, 0.25) is 0 Å². The molecule has 1 aromatic heterocycles. The number of carbonyl (C=O) groups excluding carboxylic acids is 1. The molecule has 0 spiro atoms. The van der Waals surface area contributed by atoms with E-state index < -0.39 is 11.3 Å². The van der Waals surface area contributed by atoms with Gasteiger partial charge in [-0.2, -0.15) is 0 Å². The topological polar surface area (TPSA) is 76.2 Å². The maximum Gasteiger partial charge on any atom is 0.248 e. The Morgan fingerprint density at radius 2 is 1.92 bits per heavy atom. The normalized spacial score (nSPS) is 28.2. The van der Waals surface area contributed by atoms with Gasteiger partial charge < -0.3 is 10.8 Å². The molecule has 4 nitrogen and oxygen atoms in total. The van der Waals surface area contributed by atoms with E-state index in [1.807, 2.05) is 32.0 Å². The van der Waals surface area contributed by atoms with Gasteiger partial charge in [0.25, 0.3) is 0 Å². The van der Waals surface area contributed by atoms with Crippen molar-refractivity contribution in [2.75, 3.05) is 0 Å². The van der Waals surface area contributed by atoms with Gasteiger partial charge in [0.2, 0.25) is 5.91 Å². The molecule has 194 valence electrons. The van der Waals surface area contributed by atoms with Gasteiger partial charge in [-0.15, -0.1) is 0 Å². The minimum atomic E-state index is -0.788. The lowest BCUT2D eigenvalue weighted by Crippen LogP contribution is -2.51. The second-order valence-corrected chi connectivity index (χ2v) is 11.6. The van der Waals surface area contributed by atoms with Crippen LogP contribution in [0.4, 0.5) is 0 Å². The van der Waals surface area contributed by atoms with Crippen LogP contribution in [-0.2, 0) is 11.2 Å². The molecular weight excluding hydrogens is 468 g/mol. The number of aromatic nitrogens is 1. The summed E-state index contributed by atoms with van der Waals surface area (Å²) in [5, 5.41) is 12.1. The van der Waals surface area contributed by atoms with Crippen LogP contribution in [-0.4, -0.2) is 16.0 Å². The first-order chi connectivity index (χ1) is 18.0. The minimum Gasteiger partial charge on any atom is -0.511 e. The fraction of sp³-hybridized carbons (Fsp3) is 0.353. The van der Waals surface area contributed by atoms with Crippen LogP contribution >= 0.6 is 0 Å². The monoisotopic (exact) mass is 504 g/mol. The Morgan fingerprint density at radius 3 is 2.55 bits per heavy atom. The number of aliphatic hydroxyl groups is 1. The smallest absolute Gasteiger partial charge is 0.248 e. The van der Waals surface area contributed by atoms with Crippen LogP contribution in [0.25, 0.3) is 5.57 Å². The summed E-state index contributed by atoms with van der Waals surface area (Å²) in [6.07, 6.45) is 4.18. The number of allylic oxidation sites excluding steroid dienone is 4. The largest absolute Gasteiger partial charge is 0.511 e. The molecular formula is C34H36N2O2. The lowest BCUT2D eigenvalue weighted by molar-refractivity contribution is -0.114. The number of hydrogen-bond acceptors (Lipinski definition) is 3. The van der Waals surface area contributed by atoms with E-state index in [0.29, 0.717) is 11.1 Å². The van der Waals surface area contributed by atoms with Crippen molar-refractivity contribution in [1.29, 1.82) is 0 Å². The Hall–Kier alpha value is -3.84. The number of fused-ring (bicyclic) bond motifs is 3. The number of primary amides is 1. The lowest BCUT2D eigenvalue weighted by Gasteiger charge is -2.57. The van der Waals surface area contributed by atoms with E-state index in [1.165, 1.54) is 5.56 Å². The van der Waals surface area contributed by atoms with Crippen molar-refractivity contribution in [2.24, 2.45) is 28.4 Å². The zero-order valence-electron chi connectivity index (χ0n) is 23.0. The summed E-state index contributed by atoms with van der Waals surface area (Å²) in [6, 6.07) is 9.89. The predicted molar refractivity (Wildman–Crippen MR) is 153 cm³/mol. The minimum absolute atomic E-state index is 0.0825. The van der Waals surface area contributed by atoms with E-state index in [1.54, 1.807) is 6.20 Å². The number of aliphatic hydroxyl groups excluding tert-OH is 1. The van der Waals surface area contributed by atoms with Crippen LogP contribution < -0.4 is 5.73 Å². The Morgan fingerprint density at radius 1 is 1.18 bits per heavy atom. The Kier molecular flexibility index (Phi) is 6.03. The summed E-state index contributed by atoms with van der Waals surface area (Å²) in [6.45, 7) is 19.4. The molecule has 0 aliphatic heterocycles. The molecule has 0 fully saturated rings. The highest BCUT2D eigenvalue weighted by molar-refractivity contribution is 5.98. The van der Waals surface area contributed by atoms with Gasteiger partial charge in [-0.3, -0.25) is 4.79 Å². The number of benzene rings is 1. The second kappa shape index (κ2) is 8.88. The number of amides is 1. The fourth-order valence-corrected chi connectivity index (χ4v) is 7.58. The van der Waals surface area contributed by atoms with Gasteiger partial charge in [0.15, 0.2) is 0 Å². The van der Waals surface area contributed by atoms with E-state index in [0.717, 1.165) is 58.4 Å². The van der Waals surface area contributed by atoms with Crippen LogP contribution in [0.5, 0.6) is 0 Å². The molecule has 38 heavy (non-hydrogen) atoms. The molecule has 0 unspecified atom stereocenters. The summed E-state index contributed by atoms with van der Waals surface area (Å²) >= 11 is 0. The molecule has 0 bridgehead atoms. The third-order valence-corrected chi connectivity index (χ3v) is 9.48. The van der Waals surface area contributed by atoms with Gasteiger partial charge in [-0.05, 0) is 104 Å². The van der Waals surface area contributed by atoms with E-state index in [4.69, 9.17) is 5.73 Å². The molecule has 2 aromatic rings. The standard InChI is InChI=1S/C34H36N2O2/c1-8-25-20(3)29(32(35)38)22(5)34(7)27(25)18-33(6)17-26-23(14-15-24-11-9-10-16-36-24)13-12-19(2)28(26)21(4)30(33)31(34)37/h9-13,16,25,27,37H,4-5,8,17-18H2,1-3,6-7H3,(H2,35,38)/t25-,27+,33+,34-/m1/s1. The molecule has 0 saturated heterocycles. The number of nitrogens with zero attached hydrogens (tertiary/aromatic N) is 1. The third-order valence-electron chi connectivity index (χ3n) is 9.48. The number of carbonyl (C=O) groups is 1. The van der Waals surface area contributed by atoms with Gasteiger partial charge in [0, 0.05) is 28.3 Å². The van der Waals surface area contributed by atoms with Gasteiger partial charge in [0.05, 0.1) is 5.41 Å². The van der Waals surface area contributed by atoms with Crippen molar-refractivity contribution in [3.63, 3.8) is 0 Å². The maximum atomic E-state index is 12.6. The average Bonchev–Trinajstić information content (AvgIpc) is 2.86. The molecule has 4 heteroatoms. The Balaban J connectivity index is 1.71. The summed E-state index contributed by atoms with van der Waals surface area (Å²) in [5.41, 5.74) is 13.6. The summed E-state index contributed by atoms with van der Waals surface area (Å²) in [4.78, 5) is 16.9. The van der Waals surface area contributed by atoms with Crippen molar-refractivity contribution >= 4 is 11.5 Å². The highest BCUT2D eigenvalue weighted by Crippen LogP contribution is 2.66. The van der Waals surface area contributed by atoms with Crippen LogP contribution in [0, 0.1) is 41.4 Å². The number of aryl methyl sites for hydroxylation is 1. The molecule has 0 radical (unpaired) electrons. The number of rotatable bonds is 2. The molecule has 3 aliphatic carbocycles. The van der Waals surface area contributed by atoms with Crippen molar-refractivity contribution in [1.82, 2.24) is 4.98 Å². The second-order valence-electron chi connectivity index (χ2n) is 11.6. The summed E-state index contributed by atoms with van der Waals surface area (Å²) in [7, 11) is 0. The summed E-state index contributed by atoms with van der Waals surface area (Å²) < 4.78 is 0. The lowest BCUT2D eigenvalue weighted by atomic mass is 9.46. The van der Waals surface area contributed by atoms with Gasteiger partial charge in [-0.1, -0.05) is 50.6 Å². The molecule has 1 aromatic carbocycles. The molecule has 5 rings (SSSR count). The summed E-state index contributed by atoms with van der Waals surface area (Å²) in [5.74, 6) is 6.60. The molecule has 0 saturated carbocycles. The maximum absolute atomic E-state index is 12.6. The highest BCUT2D eigenvalue weighted by atomic mass is 16.3. The van der Waals surface area contributed by atoms with Crippen molar-refractivity contribution in [2.45, 2.75) is 53.9 Å². The first-order valence-corrected chi connectivity index (χ1v) is 13.3. The molecule has 1 amide bonds. The van der Waals surface area contributed by atoms with Crippen molar-refractivity contribution in [3.8, 4) is 11.8 Å². The average molecular weight is 505 g/mol. The Labute approximate surface area is 226 Å². The quantitative estimate of drug-likeness (QED) is 0.452. The van der Waals surface area contributed by atoms with E-state index in [-0.39, 0.29) is 23.0 Å². The zero-order valence-corrected chi connectivity index (χ0v) is 23.0. The first kappa shape index (κ1) is 25.8. The molecule has 3 aliphatic rings. The first-order valence-electron chi connectivity index (χ1n) is 13.3. The van der Waals surface area contributed by atoms with Crippen LogP contribution in [0.15, 0.2) is 77.7 Å². The number of pyridine rings is 1. The molecule has 3 N–H and O–H groups in total. The van der Waals surface area contributed by atoms with Crippen molar-refractivity contribution in [3.05, 3.63) is 106 Å². The predicted octanol–water partition coefficient (Wildman–Crippen LogP) is 6.60. The van der Waals surface area contributed by atoms with Gasteiger partial charge >= 0.3 is 0 Å². The third kappa shape index (κ3) is 3.52. The zero-order chi connectivity index (χ0) is 27.6. The van der Waals surface area contributed by atoms with Gasteiger partial charge in [0.1, 0.15) is 11.5 Å². The highest BCUT2D eigenvalue weighted by Gasteiger charge is 2.58. The van der Waals surface area contributed by atoms with E-state index >= 15 is 0 Å². The van der Waals surface area contributed by atoms with Gasteiger partial charge in [-0.25, -0.2) is 4.98 Å². The van der Waals surface area contributed by atoms with Crippen LogP contribution in [0.1, 0.15) is 68.5 Å². The number of hydrogen-bond donors (Lipinski definition) is 2. The SMILES string of the molecule is C=C1C2=C(O)[C@]3(C)C(=C)C(C(N)=O)=C(C)[C@@H](CC)[C@@H]3C[C@]2(C)Cc2c(C#Cc3ccccn3)ccc(C)c21. The van der Waals surface area contributed by atoms with Crippen molar-refractivity contribution < 1.29 is 9.90 Å². The fourth-order valence-electron chi connectivity index (χ4n) is 7.58. The molecule has 1 heterocycles. The van der Waals surface area contributed by atoms with Crippen LogP contribution in [0.3, 0.4) is 0 Å². The van der Waals surface area contributed by atoms with E-state index in [9.17, 15) is 9.90 Å². The molecule has 4 atom stereocenters.